The molecule has 0 saturated heterocycles. The first-order chi connectivity index (χ1) is 8.63. The molecule has 2 rings (SSSR count). The average molecular weight is 344 g/mol. The lowest BCUT2D eigenvalue weighted by molar-refractivity contribution is 0.199. The SMILES string of the molecule is Cc1nc(CC(O)CSc2cccc(Br)c2)cs1. The molecule has 1 atom stereocenters. The number of aryl methyl sites for hydroxylation is 1. The maximum atomic E-state index is 9.97. The molecule has 1 unspecified atom stereocenters. The minimum absolute atomic E-state index is 0.351. The lowest BCUT2D eigenvalue weighted by atomic mass is 10.2. The molecule has 0 bridgehead atoms. The van der Waals surface area contributed by atoms with Gasteiger partial charge in [0, 0.05) is 26.9 Å². The molecule has 0 radical (unpaired) electrons. The highest BCUT2D eigenvalue weighted by atomic mass is 79.9. The molecular formula is C13H14BrNOS2. The van der Waals surface area contributed by atoms with Gasteiger partial charge in [-0.25, -0.2) is 4.98 Å². The summed E-state index contributed by atoms with van der Waals surface area (Å²) in [5.74, 6) is 0.688. The number of hydrogen-bond donors (Lipinski definition) is 1. The highest BCUT2D eigenvalue weighted by molar-refractivity contribution is 9.10. The van der Waals surface area contributed by atoms with Crippen LogP contribution in [0, 0.1) is 6.92 Å². The fourth-order valence-electron chi connectivity index (χ4n) is 1.55. The molecule has 1 aromatic heterocycles. The van der Waals surface area contributed by atoms with Crippen molar-refractivity contribution in [2.75, 3.05) is 5.75 Å². The van der Waals surface area contributed by atoms with Crippen molar-refractivity contribution >= 4 is 39.0 Å². The van der Waals surface area contributed by atoms with E-state index in [9.17, 15) is 5.11 Å². The Morgan fingerprint density at radius 3 is 3.00 bits per heavy atom. The Morgan fingerprint density at radius 1 is 1.50 bits per heavy atom. The monoisotopic (exact) mass is 343 g/mol. The molecule has 5 heteroatoms. The summed E-state index contributed by atoms with van der Waals surface area (Å²) in [6, 6.07) is 8.11. The molecule has 0 saturated carbocycles. The Kier molecular flexibility index (Phi) is 5.24. The summed E-state index contributed by atoms with van der Waals surface area (Å²) in [4.78, 5) is 5.53. The molecule has 0 aliphatic heterocycles. The van der Waals surface area contributed by atoms with E-state index in [-0.39, 0.29) is 6.10 Å². The molecule has 0 amide bonds. The number of thiazole rings is 1. The van der Waals surface area contributed by atoms with Crippen LogP contribution in [0.4, 0.5) is 0 Å². The van der Waals surface area contributed by atoms with Gasteiger partial charge < -0.3 is 5.11 Å². The molecule has 2 nitrogen and oxygen atoms in total. The highest BCUT2D eigenvalue weighted by Crippen LogP contribution is 2.23. The second-order valence-corrected chi connectivity index (χ2v) is 7.06. The largest absolute Gasteiger partial charge is 0.392 e. The van der Waals surface area contributed by atoms with E-state index in [4.69, 9.17) is 0 Å². The third kappa shape index (κ3) is 4.39. The summed E-state index contributed by atoms with van der Waals surface area (Å²) in [7, 11) is 0. The van der Waals surface area contributed by atoms with Crippen molar-refractivity contribution in [1.82, 2.24) is 4.98 Å². The van der Waals surface area contributed by atoms with Gasteiger partial charge in [-0.15, -0.1) is 23.1 Å². The molecule has 2 aromatic rings. The zero-order valence-corrected chi connectivity index (χ0v) is 13.2. The number of thioether (sulfide) groups is 1. The van der Waals surface area contributed by atoms with Gasteiger partial charge in [-0.2, -0.15) is 0 Å². The van der Waals surface area contributed by atoms with Crippen LogP contribution in [0.1, 0.15) is 10.7 Å². The number of aliphatic hydroxyl groups excluding tert-OH is 1. The van der Waals surface area contributed by atoms with Crippen LogP contribution < -0.4 is 0 Å². The number of halogens is 1. The van der Waals surface area contributed by atoms with Crippen LogP contribution in [0.2, 0.25) is 0 Å². The van der Waals surface area contributed by atoms with Gasteiger partial charge in [0.15, 0.2) is 0 Å². The van der Waals surface area contributed by atoms with E-state index < -0.39 is 0 Å². The highest BCUT2D eigenvalue weighted by Gasteiger charge is 2.09. The van der Waals surface area contributed by atoms with E-state index in [1.54, 1.807) is 23.1 Å². The Hall–Kier alpha value is -0.360. The van der Waals surface area contributed by atoms with Crippen molar-refractivity contribution in [2.24, 2.45) is 0 Å². The van der Waals surface area contributed by atoms with E-state index in [0.29, 0.717) is 12.2 Å². The number of nitrogens with zero attached hydrogens (tertiary/aromatic N) is 1. The van der Waals surface area contributed by atoms with Crippen LogP contribution in [0.3, 0.4) is 0 Å². The number of rotatable bonds is 5. The second kappa shape index (κ2) is 6.70. The molecule has 0 fully saturated rings. The smallest absolute Gasteiger partial charge is 0.0897 e. The van der Waals surface area contributed by atoms with E-state index >= 15 is 0 Å². The first kappa shape index (κ1) is 14.1. The van der Waals surface area contributed by atoms with Gasteiger partial charge in [0.05, 0.1) is 16.8 Å². The molecule has 1 aromatic carbocycles. The van der Waals surface area contributed by atoms with Gasteiger partial charge in [-0.1, -0.05) is 22.0 Å². The Labute approximate surface area is 124 Å². The molecule has 0 aliphatic rings. The first-order valence-corrected chi connectivity index (χ1v) is 8.27. The van der Waals surface area contributed by atoms with E-state index in [0.717, 1.165) is 20.1 Å². The maximum Gasteiger partial charge on any atom is 0.0897 e. The topological polar surface area (TPSA) is 33.1 Å². The lowest BCUT2D eigenvalue weighted by Crippen LogP contribution is -2.13. The van der Waals surface area contributed by atoms with Crippen molar-refractivity contribution in [3.05, 3.63) is 44.8 Å². The Balaban J connectivity index is 1.83. The van der Waals surface area contributed by atoms with Crippen LogP contribution in [0.15, 0.2) is 39.0 Å². The predicted molar refractivity (Wildman–Crippen MR) is 81.4 cm³/mol. The fraction of sp³-hybridized carbons (Fsp3) is 0.308. The summed E-state index contributed by atoms with van der Waals surface area (Å²) in [6.07, 6.45) is 0.279. The van der Waals surface area contributed by atoms with Crippen molar-refractivity contribution in [3.8, 4) is 0 Å². The minimum atomic E-state index is -0.351. The van der Waals surface area contributed by atoms with Gasteiger partial charge >= 0.3 is 0 Å². The summed E-state index contributed by atoms with van der Waals surface area (Å²) >= 11 is 6.73. The third-order valence-corrected chi connectivity index (χ3v) is 4.80. The second-order valence-electron chi connectivity index (χ2n) is 3.98. The zero-order chi connectivity index (χ0) is 13.0. The van der Waals surface area contributed by atoms with E-state index in [2.05, 4.69) is 33.0 Å². The number of benzene rings is 1. The first-order valence-electron chi connectivity index (χ1n) is 5.61. The Bertz CT molecular complexity index is 515. The van der Waals surface area contributed by atoms with Crippen LogP contribution in [0.5, 0.6) is 0 Å². The molecule has 0 aliphatic carbocycles. The van der Waals surface area contributed by atoms with Crippen LogP contribution in [-0.4, -0.2) is 21.9 Å². The normalized spacial score (nSPS) is 12.6. The Morgan fingerprint density at radius 2 is 2.33 bits per heavy atom. The summed E-state index contributed by atoms with van der Waals surface area (Å²) in [5, 5.41) is 13.0. The molecule has 1 heterocycles. The average Bonchev–Trinajstić information content (AvgIpc) is 2.72. The van der Waals surface area contributed by atoms with Crippen molar-refractivity contribution in [1.29, 1.82) is 0 Å². The maximum absolute atomic E-state index is 9.97. The van der Waals surface area contributed by atoms with Crippen molar-refractivity contribution < 1.29 is 5.11 Å². The van der Waals surface area contributed by atoms with Gasteiger partial charge in [-0.3, -0.25) is 0 Å². The van der Waals surface area contributed by atoms with Crippen molar-refractivity contribution in [3.63, 3.8) is 0 Å². The minimum Gasteiger partial charge on any atom is -0.392 e. The number of aromatic nitrogens is 1. The molecular weight excluding hydrogens is 330 g/mol. The molecule has 1 N–H and O–H groups in total. The fourth-order valence-corrected chi connectivity index (χ4v) is 3.62. The quantitative estimate of drug-likeness (QED) is 0.835. The molecule has 96 valence electrons. The molecule has 18 heavy (non-hydrogen) atoms. The van der Waals surface area contributed by atoms with Gasteiger partial charge in [0.2, 0.25) is 0 Å². The summed E-state index contributed by atoms with van der Waals surface area (Å²) < 4.78 is 1.07. The van der Waals surface area contributed by atoms with Gasteiger partial charge in [0.25, 0.3) is 0 Å². The standard InChI is InChI=1S/C13H14BrNOS2/c1-9-15-11(7-17-9)6-12(16)8-18-13-4-2-3-10(14)5-13/h2-5,7,12,16H,6,8H2,1H3. The third-order valence-electron chi connectivity index (χ3n) is 2.35. The summed E-state index contributed by atoms with van der Waals surface area (Å²) in [5.41, 5.74) is 0.986. The van der Waals surface area contributed by atoms with Crippen LogP contribution in [-0.2, 0) is 6.42 Å². The van der Waals surface area contributed by atoms with E-state index in [1.165, 1.54) is 0 Å². The number of hydrogen-bond acceptors (Lipinski definition) is 4. The van der Waals surface area contributed by atoms with Gasteiger partial charge in [0.1, 0.15) is 0 Å². The van der Waals surface area contributed by atoms with Crippen molar-refractivity contribution in [2.45, 2.75) is 24.3 Å². The van der Waals surface area contributed by atoms with Crippen LogP contribution >= 0.6 is 39.0 Å². The van der Waals surface area contributed by atoms with Crippen LogP contribution in [0.25, 0.3) is 0 Å². The molecule has 0 spiro atoms. The van der Waals surface area contributed by atoms with E-state index in [1.807, 2.05) is 24.4 Å². The zero-order valence-electron chi connectivity index (χ0n) is 9.97. The van der Waals surface area contributed by atoms with Gasteiger partial charge in [-0.05, 0) is 25.1 Å². The predicted octanol–water partition coefficient (Wildman–Crippen LogP) is 3.91. The lowest BCUT2D eigenvalue weighted by Gasteiger charge is -2.08. The number of aliphatic hydroxyl groups is 1. The summed E-state index contributed by atoms with van der Waals surface area (Å²) in [6.45, 7) is 1.98.